The van der Waals surface area contributed by atoms with Gasteiger partial charge in [-0.1, -0.05) is 30.3 Å². The molecule has 0 aromatic heterocycles. The first-order valence-electron chi connectivity index (χ1n) is 11.8. The highest BCUT2D eigenvalue weighted by molar-refractivity contribution is 7.92. The SMILES string of the molecule is COc1ccccc1NS(=O)(=O)c1ccc(C(=O)NC[C@@H](c2ccccc2OC)N2CCCC2)cc1. The highest BCUT2D eigenvalue weighted by Gasteiger charge is 2.26. The van der Waals surface area contributed by atoms with Crippen LogP contribution in [0.1, 0.15) is 34.8 Å². The molecule has 0 spiro atoms. The second-order valence-electron chi connectivity index (χ2n) is 8.54. The van der Waals surface area contributed by atoms with Crippen molar-refractivity contribution in [1.29, 1.82) is 0 Å². The number of carbonyl (C=O) groups excluding carboxylic acids is 1. The van der Waals surface area contributed by atoms with Crippen molar-refractivity contribution >= 4 is 21.6 Å². The number of carbonyl (C=O) groups is 1. The van der Waals surface area contributed by atoms with Gasteiger partial charge in [0, 0.05) is 17.7 Å². The number of benzene rings is 3. The number of para-hydroxylation sites is 3. The minimum absolute atomic E-state index is 0.0164. The largest absolute Gasteiger partial charge is 0.496 e. The second-order valence-corrected chi connectivity index (χ2v) is 10.2. The normalized spacial score (nSPS) is 14.7. The number of nitrogens with zero attached hydrogens (tertiary/aromatic N) is 1. The molecule has 1 heterocycles. The number of ether oxygens (including phenoxy) is 2. The van der Waals surface area contributed by atoms with Crippen LogP contribution in [0, 0.1) is 0 Å². The van der Waals surface area contributed by atoms with Crippen LogP contribution < -0.4 is 19.5 Å². The number of rotatable bonds is 10. The lowest BCUT2D eigenvalue weighted by Gasteiger charge is -2.29. The standard InChI is InChI=1S/C27H31N3O5S/c1-34-25-11-5-3-9-22(25)24(30-17-7-8-18-30)19-28-27(31)20-13-15-21(16-14-20)36(32,33)29-23-10-4-6-12-26(23)35-2/h3-6,9-16,24,29H,7-8,17-19H2,1-2H3,(H,28,31)/t24-/m0/s1. The van der Waals surface area contributed by atoms with Crippen molar-refractivity contribution in [2.45, 2.75) is 23.8 Å². The molecule has 1 aliphatic heterocycles. The monoisotopic (exact) mass is 509 g/mol. The van der Waals surface area contributed by atoms with Gasteiger partial charge in [0.25, 0.3) is 15.9 Å². The Kier molecular flexibility index (Phi) is 8.12. The van der Waals surface area contributed by atoms with Gasteiger partial charge in [0.2, 0.25) is 0 Å². The number of hydrogen-bond donors (Lipinski definition) is 2. The lowest BCUT2D eigenvalue weighted by Crippen LogP contribution is -2.37. The summed E-state index contributed by atoms with van der Waals surface area (Å²) in [6.45, 7) is 2.34. The molecule has 3 aromatic rings. The third-order valence-electron chi connectivity index (χ3n) is 6.31. The summed E-state index contributed by atoms with van der Waals surface area (Å²) in [5.41, 5.74) is 1.75. The van der Waals surface area contributed by atoms with Crippen LogP contribution >= 0.6 is 0 Å². The average molecular weight is 510 g/mol. The molecule has 1 atom stereocenters. The van der Waals surface area contributed by atoms with Crippen molar-refractivity contribution in [2.24, 2.45) is 0 Å². The van der Waals surface area contributed by atoms with Gasteiger partial charge < -0.3 is 14.8 Å². The van der Waals surface area contributed by atoms with E-state index in [2.05, 4.69) is 14.9 Å². The molecule has 4 rings (SSSR count). The first-order valence-corrected chi connectivity index (χ1v) is 13.3. The maximum Gasteiger partial charge on any atom is 0.262 e. The predicted molar refractivity (Wildman–Crippen MR) is 139 cm³/mol. The average Bonchev–Trinajstić information content (AvgIpc) is 3.44. The summed E-state index contributed by atoms with van der Waals surface area (Å²) in [5.74, 6) is 0.941. The van der Waals surface area contributed by atoms with E-state index < -0.39 is 10.0 Å². The molecule has 0 saturated carbocycles. The van der Waals surface area contributed by atoms with Crippen molar-refractivity contribution in [3.05, 3.63) is 83.9 Å². The van der Waals surface area contributed by atoms with E-state index in [-0.39, 0.29) is 16.8 Å². The van der Waals surface area contributed by atoms with E-state index in [1.54, 1.807) is 31.4 Å². The summed E-state index contributed by atoms with van der Waals surface area (Å²) in [6.07, 6.45) is 2.25. The van der Waals surface area contributed by atoms with Crippen LogP contribution in [0.4, 0.5) is 5.69 Å². The van der Waals surface area contributed by atoms with Gasteiger partial charge in [0.05, 0.1) is 30.8 Å². The molecule has 2 N–H and O–H groups in total. The number of nitrogens with one attached hydrogen (secondary N) is 2. The highest BCUT2D eigenvalue weighted by atomic mass is 32.2. The van der Waals surface area contributed by atoms with Crippen LogP contribution in [0.3, 0.4) is 0 Å². The van der Waals surface area contributed by atoms with E-state index in [0.29, 0.717) is 23.5 Å². The van der Waals surface area contributed by atoms with Crippen molar-refractivity contribution in [3.8, 4) is 11.5 Å². The Balaban J connectivity index is 1.46. The first kappa shape index (κ1) is 25.5. The molecular weight excluding hydrogens is 478 g/mol. The lowest BCUT2D eigenvalue weighted by atomic mass is 10.0. The van der Waals surface area contributed by atoms with Gasteiger partial charge in [-0.2, -0.15) is 0 Å². The van der Waals surface area contributed by atoms with E-state index in [0.717, 1.165) is 37.2 Å². The quantitative estimate of drug-likeness (QED) is 0.428. The Labute approximate surface area is 212 Å². The number of methoxy groups -OCH3 is 2. The third-order valence-corrected chi connectivity index (χ3v) is 7.69. The fourth-order valence-corrected chi connectivity index (χ4v) is 5.51. The van der Waals surface area contributed by atoms with Gasteiger partial charge in [-0.15, -0.1) is 0 Å². The smallest absolute Gasteiger partial charge is 0.262 e. The molecule has 36 heavy (non-hydrogen) atoms. The van der Waals surface area contributed by atoms with E-state index in [1.807, 2.05) is 24.3 Å². The minimum Gasteiger partial charge on any atom is -0.496 e. The zero-order valence-corrected chi connectivity index (χ0v) is 21.3. The number of likely N-dealkylation sites (tertiary alicyclic amines) is 1. The molecule has 1 saturated heterocycles. The molecule has 1 fully saturated rings. The Hall–Kier alpha value is -3.56. The van der Waals surface area contributed by atoms with E-state index in [4.69, 9.17) is 9.47 Å². The van der Waals surface area contributed by atoms with Gasteiger partial charge in [-0.05, 0) is 68.4 Å². The third kappa shape index (κ3) is 5.80. The van der Waals surface area contributed by atoms with E-state index >= 15 is 0 Å². The fraction of sp³-hybridized carbons (Fsp3) is 0.296. The summed E-state index contributed by atoms with van der Waals surface area (Å²) in [6, 6.07) is 20.5. The van der Waals surface area contributed by atoms with Crippen molar-refractivity contribution in [1.82, 2.24) is 10.2 Å². The predicted octanol–water partition coefficient (Wildman–Crippen LogP) is 4.07. The summed E-state index contributed by atoms with van der Waals surface area (Å²) in [5, 5.41) is 3.02. The Morgan fingerprint density at radius 2 is 1.50 bits per heavy atom. The topological polar surface area (TPSA) is 97.0 Å². The summed E-state index contributed by atoms with van der Waals surface area (Å²) in [4.78, 5) is 15.4. The van der Waals surface area contributed by atoms with Gasteiger partial charge in [-0.3, -0.25) is 14.4 Å². The number of hydrogen-bond acceptors (Lipinski definition) is 6. The maximum atomic E-state index is 12.9. The van der Waals surface area contributed by atoms with Gasteiger partial charge in [0.1, 0.15) is 11.5 Å². The molecule has 3 aromatic carbocycles. The number of amides is 1. The van der Waals surface area contributed by atoms with Crippen LogP contribution in [0.25, 0.3) is 0 Å². The van der Waals surface area contributed by atoms with Crippen LogP contribution in [0.15, 0.2) is 77.7 Å². The number of sulfonamides is 1. The summed E-state index contributed by atoms with van der Waals surface area (Å²) in [7, 11) is -0.727. The molecule has 0 radical (unpaired) electrons. The van der Waals surface area contributed by atoms with Gasteiger partial charge in [0.15, 0.2) is 0 Å². The second kappa shape index (κ2) is 11.5. The molecular formula is C27H31N3O5S. The summed E-state index contributed by atoms with van der Waals surface area (Å²) >= 11 is 0. The molecule has 190 valence electrons. The molecule has 0 unspecified atom stereocenters. The Morgan fingerprint density at radius 3 is 2.17 bits per heavy atom. The molecule has 8 nitrogen and oxygen atoms in total. The minimum atomic E-state index is -3.85. The first-order chi connectivity index (χ1) is 17.4. The molecule has 1 amide bonds. The van der Waals surface area contributed by atoms with Gasteiger partial charge >= 0.3 is 0 Å². The van der Waals surface area contributed by atoms with Crippen molar-refractivity contribution < 1.29 is 22.7 Å². The van der Waals surface area contributed by atoms with Crippen LogP contribution in [0.5, 0.6) is 11.5 Å². The van der Waals surface area contributed by atoms with E-state index in [1.165, 1.54) is 31.4 Å². The summed E-state index contributed by atoms with van der Waals surface area (Å²) < 4.78 is 39.0. The van der Waals surface area contributed by atoms with Crippen molar-refractivity contribution in [3.63, 3.8) is 0 Å². The lowest BCUT2D eigenvalue weighted by molar-refractivity contribution is 0.0937. The van der Waals surface area contributed by atoms with Crippen LogP contribution in [0.2, 0.25) is 0 Å². The maximum absolute atomic E-state index is 12.9. The molecule has 0 bridgehead atoms. The highest BCUT2D eigenvalue weighted by Crippen LogP contribution is 2.31. The Morgan fingerprint density at radius 1 is 0.889 bits per heavy atom. The van der Waals surface area contributed by atoms with Gasteiger partial charge in [-0.25, -0.2) is 8.42 Å². The molecule has 9 heteroatoms. The number of anilines is 1. The van der Waals surface area contributed by atoms with Crippen LogP contribution in [-0.4, -0.2) is 53.1 Å². The zero-order valence-electron chi connectivity index (χ0n) is 20.4. The Bertz CT molecular complexity index is 1290. The van der Waals surface area contributed by atoms with Crippen molar-refractivity contribution in [2.75, 3.05) is 38.6 Å². The molecule has 1 aliphatic rings. The molecule has 0 aliphatic carbocycles. The van der Waals surface area contributed by atoms with E-state index in [9.17, 15) is 13.2 Å². The fourth-order valence-electron chi connectivity index (χ4n) is 4.44. The zero-order chi connectivity index (χ0) is 25.5. The van der Waals surface area contributed by atoms with Crippen LogP contribution in [-0.2, 0) is 10.0 Å².